The van der Waals surface area contributed by atoms with Crippen molar-refractivity contribution in [1.29, 1.82) is 0 Å². The normalized spacial score (nSPS) is 17.6. The van der Waals surface area contributed by atoms with Gasteiger partial charge in [-0.15, -0.1) is 0 Å². The standard InChI is InChI=1S/C29H24BrF3NOP/c30-36(24-13-4-1-5-14-24,25-15-6-2-7-16-25,26-17-8-3-9-18-26)27-19-20-34(28(27)35)23-12-10-11-22(21-23)29(31,32)33/h1-18,21,27H,19-20H2. The van der Waals surface area contributed by atoms with Crippen LogP contribution in [0.4, 0.5) is 18.9 Å². The molecule has 4 aromatic rings. The van der Waals surface area contributed by atoms with Gasteiger partial charge in [-0.1, -0.05) is 0 Å². The molecule has 1 aliphatic rings. The van der Waals surface area contributed by atoms with E-state index >= 15 is 0 Å². The summed E-state index contributed by atoms with van der Waals surface area (Å²) in [6, 6.07) is 35.0. The van der Waals surface area contributed by atoms with E-state index in [4.69, 9.17) is 0 Å². The Morgan fingerprint density at radius 1 is 0.722 bits per heavy atom. The molecule has 184 valence electrons. The van der Waals surface area contributed by atoms with Crippen molar-refractivity contribution >= 4 is 48.3 Å². The topological polar surface area (TPSA) is 20.3 Å². The molecule has 0 bridgehead atoms. The molecular formula is C29H24BrF3NOP. The summed E-state index contributed by atoms with van der Waals surface area (Å²) in [6.07, 6.45) is -3.98. The van der Waals surface area contributed by atoms with Crippen molar-refractivity contribution in [3.05, 3.63) is 121 Å². The van der Waals surface area contributed by atoms with Crippen LogP contribution in [0.15, 0.2) is 115 Å². The molecule has 1 atom stereocenters. The fraction of sp³-hybridized carbons (Fsp3) is 0.138. The third-order valence-electron chi connectivity index (χ3n) is 7.03. The van der Waals surface area contributed by atoms with Gasteiger partial charge in [-0.05, 0) is 0 Å². The molecule has 0 aromatic heterocycles. The van der Waals surface area contributed by atoms with Crippen LogP contribution in [-0.4, -0.2) is 18.1 Å². The maximum atomic E-state index is 14.3. The second-order valence-electron chi connectivity index (χ2n) is 8.92. The Balaban J connectivity index is 1.74. The molecule has 2 nitrogen and oxygen atoms in total. The fourth-order valence-electron chi connectivity index (χ4n) is 5.37. The summed E-state index contributed by atoms with van der Waals surface area (Å²) in [6.45, 7) is 0.334. The Kier molecular flexibility index (Phi) is 6.30. The molecule has 1 aliphatic heterocycles. The first-order valence-corrected chi connectivity index (χ1v) is 16.0. The van der Waals surface area contributed by atoms with Crippen LogP contribution in [0.3, 0.4) is 0 Å². The van der Waals surface area contributed by atoms with Crippen molar-refractivity contribution in [3.63, 3.8) is 0 Å². The number of carbonyl (C=O) groups is 1. The summed E-state index contributed by atoms with van der Waals surface area (Å²) in [7, 11) is 0. The summed E-state index contributed by atoms with van der Waals surface area (Å²) >= 11 is 4.33. The van der Waals surface area contributed by atoms with E-state index in [2.05, 4.69) is 15.5 Å². The molecule has 1 fully saturated rings. The number of hydrogen-bond acceptors (Lipinski definition) is 1. The van der Waals surface area contributed by atoms with E-state index < -0.39 is 22.7 Å². The first kappa shape index (κ1) is 24.7. The number of hydrogen-bond donors (Lipinski definition) is 0. The Morgan fingerprint density at radius 2 is 1.19 bits per heavy atom. The van der Waals surface area contributed by atoms with Crippen molar-refractivity contribution in [3.8, 4) is 0 Å². The molecule has 1 amide bonds. The van der Waals surface area contributed by atoms with Crippen molar-refractivity contribution in [1.82, 2.24) is 0 Å². The molecule has 0 N–H and O–H groups in total. The molecule has 7 heteroatoms. The quantitative estimate of drug-likeness (QED) is 0.246. The van der Waals surface area contributed by atoms with Crippen LogP contribution < -0.4 is 20.8 Å². The zero-order valence-electron chi connectivity index (χ0n) is 19.3. The van der Waals surface area contributed by atoms with Crippen molar-refractivity contribution in [2.24, 2.45) is 0 Å². The van der Waals surface area contributed by atoms with Gasteiger partial charge in [-0.3, -0.25) is 0 Å². The minimum atomic E-state index is -4.48. The number of nitrogens with zero attached hydrogens (tertiary/aromatic N) is 1. The molecule has 4 aromatic carbocycles. The second-order valence-corrected chi connectivity index (χ2v) is 17.7. The number of rotatable bonds is 5. The molecule has 1 heterocycles. The summed E-state index contributed by atoms with van der Waals surface area (Å²) in [5, 5.41) is -0.593. The Morgan fingerprint density at radius 3 is 1.64 bits per heavy atom. The van der Waals surface area contributed by atoms with Crippen molar-refractivity contribution < 1.29 is 18.0 Å². The predicted molar refractivity (Wildman–Crippen MR) is 146 cm³/mol. The van der Waals surface area contributed by atoms with Crippen molar-refractivity contribution in [2.75, 3.05) is 11.4 Å². The SMILES string of the molecule is O=C1C(P(Br)(c2ccccc2)(c2ccccc2)c2ccccc2)CCN1c1cccc(C(F)(F)F)c1. The Labute approximate surface area is 216 Å². The van der Waals surface area contributed by atoms with Crippen LogP contribution >= 0.6 is 20.8 Å². The number of amides is 1. The summed E-state index contributed by atoms with van der Waals surface area (Å²) in [5.74, 6) is -0.180. The zero-order valence-corrected chi connectivity index (χ0v) is 21.8. The molecular weight excluding hydrogens is 546 g/mol. The maximum absolute atomic E-state index is 14.3. The van der Waals surface area contributed by atoms with E-state index in [-0.39, 0.29) is 11.6 Å². The first-order valence-electron chi connectivity index (χ1n) is 11.6. The average molecular weight is 570 g/mol. The molecule has 0 spiro atoms. The van der Waals surface area contributed by atoms with Gasteiger partial charge in [0.05, 0.1) is 0 Å². The molecule has 0 radical (unpaired) electrons. The van der Waals surface area contributed by atoms with Crippen LogP contribution in [0.5, 0.6) is 0 Å². The van der Waals surface area contributed by atoms with Gasteiger partial charge in [-0.2, -0.15) is 0 Å². The summed E-state index contributed by atoms with van der Waals surface area (Å²) in [4.78, 5) is 15.8. The third-order valence-corrected chi connectivity index (χ3v) is 17.8. The van der Waals surface area contributed by atoms with Crippen LogP contribution in [-0.2, 0) is 11.0 Å². The van der Waals surface area contributed by atoms with Gasteiger partial charge in [0.15, 0.2) is 0 Å². The number of alkyl halides is 3. The number of anilines is 1. The van der Waals surface area contributed by atoms with Crippen molar-refractivity contribution in [2.45, 2.75) is 18.3 Å². The van der Waals surface area contributed by atoms with Gasteiger partial charge in [-0.25, -0.2) is 0 Å². The van der Waals surface area contributed by atoms with Crippen LogP contribution in [0, 0.1) is 0 Å². The molecule has 5 rings (SSSR count). The van der Waals surface area contributed by atoms with E-state index in [1.165, 1.54) is 11.0 Å². The van der Waals surface area contributed by atoms with Gasteiger partial charge in [0, 0.05) is 0 Å². The number of carbonyl (C=O) groups excluding carboxylic acids is 1. The van der Waals surface area contributed by atoms with E-state index in [0.717, 1.165) is 28.0 Å². The van der Waals surface area contributed by atoms with Crippen LogP contribution in [0.25, 0.3) is 0 Å². The second kappa shape index (κ2) is 9.17. The molecule has 1 saturated heterocycles. The summed E-state index contributed by atoms with van der Waals surface area (Å²) < 4.78 is 40.3. The average Bonchev–Trinajstić information content (AvgIpc) is 3.31. The van der Waals surface area contributed by atoms with Gasteiger partial charge in [0.2, 0.25) is 0 Å². The minimum absolute atomic E-state index is 0.180. The van der Waals surface area contributed by atoms with Crippen LogP contribution in [0.2, 0.25) is 0 Å². The monoisotopic (exact) mass is 569 g/mol. The van der Waals surface area contributed by atoms with E-state index in [9.17, 15) is 18.0 Å². The zero-order chi connectivity index (χ0) is 25.4. The van der Waals surface area contributed by atoms with E-state index in [0.29, 0.717) is 13.0 Å². The first-order chi connectivity index (χ1) is 17.2. The third kappa shape index (κ3) is 3.79. The Hall–Kier alpha value is -2.95. The van der Waals surface area contributed by atoms with Gasteiger partial charge < -0.3 is 0 Å². The molecule has 1 unspecified atom stereocenters. The predicted octanol–water partition coefficient (Wildman–Crippen LogP) is 6.65. The number of halogens is 4. The van der Waals surface area contributed by atoms with Gasteiger partial charge in [0.1, 0.15) is 0 Å². The van der Waals surface area contributed by atoms with Crippen LogP contribution in [0.1, 0.15) is 12.0 Å². The fourth-order valence-corrected chi connectivity index (χ4v) is 14.0. The number of benzene rings is 4. The van der Waals surface area contributed by atoms with Gasteiger partial charge in [0.25, 0.3) is 0 Å². The van der Waals surface area contributed by atoms with Gasteiger partial charge >= 0.3 is 217 Å². The Bertz CT molecular complexity index is 1280. The molecule has 36 heavy (non-hydrogen) atoms. The summed E-state index contributed by atoms with van der Waals surface area (Å²) in [5.41, 5.74) is -0.997. The molecule has 0 saturated carbocycles. The van der Waals surface area contributed by atoms with E-state index in [1.807, 2.05) is 91.0 Å². The van der Waals surface area contributed by atoms with E-state index in [1.54, 1.807) is 6.07 Å². The molecule has 0 aliphatic carbocycles.